The van der Waals surface area contributed by atoms with Gasteiger partial charge in [-0.15, -0.1) is 11.3 Å². The molecule has 4 rings (SSSR count). The molecule has 2 heterocycles. The van der Waals surface area contributed by atoms with Crippen LogP contribution in [-0.4, -0.2) is 40.3 Å². The number of benzene rings is 1. The standard InChI is InChI=1S/C24H24N2O5S/c1-2-31-24(30)22-17-8-4-6-10-19(17)32-23(22)25-13-15-14-26(20(27)11-12-21(28)29)18-9-5-3-7-16(15)18/h3,5,7,9,13-14H,2,4,6,8,10-12H2,1H3,(H,28,29)/b25-13+. The van der Waals surface area contributed by atoms with Crippen molar-refractivity contribution in [1.29, 1.82) is 0 Å². The molecule has 8 heteroatoms. The van der Waals surface area contributed by atoms with Crippen LogP contribution in [0.1, 0.15) is 63.8 Å². The molecule has 1 N–H and O–H groups in total. The average molecular weight is 453 g/mol. The van der Waals surface area contributed by atoms with Crippen molar-refractivity contribution in [3.05, 3.63) is 52.0 Å². The van der Waals surface area contributed by atoms with Gasteiger partial charge in [0.05, 0.1) is 24.1 Å². The van der Waals surface area contributed by atoms with Crippen molar-refractivity contribution in [3.8, 4) is 0 Å². The molecule has 0 atom stereocenters. The molecular formula is C24H24N2O5S. The number of carbonyl (C=O) groups is 3. The summed E-state index contributed by atoms with van der Waals surface area (Å²) in [5.74, 6) is -1.64. The van der Waals surface area contributed by atoms with Crippen LogP contribution in [0.3, 0.4) is 0 Å². The highest BCUT2D eigenvalue weighted by atomic mass is 32.1. The van der Waals surface area contributed by atoms with Gasteiger partial charge in [0.2, 0.25) is 5.91 Å². The maximum Gasteiger partial charge on any atom is 0.341 e. The van der Waals surface area contributed by atoms with Crippen molar-refractivity contribution in [1.82, 2.24) is 4.57 Å². The van der Waals surface area contributed by atoms with Gasteiger partial charge in [0.25, 0.3) is 0 Å². The Balaban J connectivity index is 1.72. The number of aromatic nitrogens is 1. The molecule has 2 aromatic heterocycles. The highest BCUT2D eigenvalue weighted by Crippen LogP contribution is 2.40. The number of nitrogens with zero attached hydrogens (tertiary/aromatic N) is 2. The summed E-state index contributed by atoms with van der Waals surface area (Å²) in [7, 11) is 0. The lowest BCUT2D eigenvalue weighted by Gasteiger charge is -2.11. The second kappa shape index (κ2) is 9.48. The van der Waals surface area contributed by atoms with Crippen LogP contribution in [0.4, 0.5) is 5.00 Å². The number of ether oxygens (including phenoxy) is 1. The number of aryl methyl sites for hydroxylation is 1. The molecule has 0 amide bonds. The molecule has 1 aliphatic rings. The minimum atomic E-state index is -1.01. The van der Waals surface area contributed by atoms with E-state index in [0.717, 1.165) is 42.2 Å². The van der Waals surface area contributed by atoms with E-state index in [4.69, 9.17) is 9.84 Å². The Morgan fingerprint density at radius 3 is 2.75 bits per heavy atom. The van der Waals surface area contributed by atoms with Crippen molar-refractivity contribution in [2.75, 3.05) is 6.61 Å². The molecule has 0 saturated carbocycles. The van der Waals surface area contributed by atoms with Gasteiger partial charge in [0, 0.05) is 34.7 Å². The van der Waals surface area contributed by atoms with E-state index in [1.54, 1.807) is 19.3 Å². The van der Waals surface area contributed by atoms with E-state index in [-0.39, 0.29) is 24.7 Å². The Labute approximate surface area is 189 Å². The summed E-state index contributed by atoms with van der Waals surface area (Å²) in [5, 5.41) is 10.4. The van der Waals surface area contributed by atoms with E-state index in [1.165, 1.54) is 20.8 Å². The van der Waals surface area contributed by atoms with Crippen molar-refractivity contribution in [3.63, 3.8) is 0 Å². The van der Waals surface area contributed by atoms with Crippen molar-refractivity contribution in [2.24, 2.45) is 4.99 Å². The van der Waals surface area contributed by atoms with E-state index in [0.29, 0.717) is 22.7 Å². The van der Waals surface area contributed by atoms with Crippen molar-refractivity contribution < 1.29 is 24.2 Å². The molecule has 3 aromatic rings. The number of hydrogen-bond donors (Lipinski definition) is 1. The number of carboxylic acids is 1. The molecule has 0 aliphatic heterocycles. The lowest BCUT2D eigenvalue weighted by atomic mass is 9.95. The van der Waals surface area contributed by atoms with Crippen molar-refractivity contribution in [2.45, 2.75) is 45.4 Å². The lowest BCUT2D eigenvalue weighted by Crippen LogP contribution is -2.11. The number of rotatable bonds is 7. The summed E-state index contributed by atoms with van der Waals surface area (Å²) in [6.07, 6.45) is 6.98. The van der Waals surface area contributed by atoms with Gasteiger partial charge in [-0.2, -0.15) is 0 Å². The van der Waals surface area contributed by atoms with E-state index >= 15 is 0 Å². The highest BCUT2D eigenvalue weighted by Gasteiger charge is 2.26. The van der Waals surface area contributed by atoms with E-state index in [9.17, 15) is 14.4 Å². The zero-order valence-corrected chi connectivity index (χ0v) is 18.6. The van der Waals surface area contributed by atoms with Crippen LogP contribution >= 0.6 is 11.3 Å². The Morgan fingerprint density at radius 1 is 1.19 bits per heavy atom. The Hall–Kier alpha value is -3.26. The predicted octanol–water partition coefficient (Wildman–Crippen LogP) is 5.01. The highest BCUT2D eigenvalue weighted by molar-refractivity contribution is 7.16. The molecule has 0 bridgehead atoms. The fourth-order valence-electron chi connectivity index (χ4n) is 4.03. The predicted molar refractivity (Wildman–Crippen MR) is 124 cm³/mol. The molecule has 166 valence electrons. The maximum absolute atomic E-state index is 12.7. The number of hydrogen-bond acceptors (Lipinski definition) is 6. The maximum atomic E-state index is 12.7. The molecule has 0 saturated heterocycles. The van der Waals surface area contributed by atoms with Gasteiger partial charge in [-0.05, 0) is 44.2 Å². The first-order valence-electron chi connectivity index (χ1n) is 10.7. The third-order valence-corrected chi connectivity index (χ3v) is 6.72. The summed E-state index contributed by atoms with van der Waals surface area (Å²) in [6.45, 7) is 2.09. The summed E-state index contributed by atoms with van der Waals surface area (Å²) < 4.78 is 6.77. The topological polar surface area (TPSA) is 98.0 Å². The minimum Gasteiger partial charge on any atom is -0.481 e. The second-order valence-electron chi connectivity index (χ2n) is 7.63. The molecule has 0 spiro atoms. The molecule has 0 unspecified atom stereocenters. The third kappa shape index (κ3) is 4.36. The number of aliphatic carboxylic acids is 1. The zero-order valence-electron chi connectivity index (χ0n) is 17.8. The fourth-order valence-corrected chi connectivity index (χ4v) is 5.25. The van der Waals surface area contributed by atoms with Crippen molar-refractivity contribution >= 4 is 51.3 Å². The number of carboxylic acid groups (broad SMARTS) is 1. The van der Waals surface area contributed by atoms with Crippen LogP contribution in [0.5, 0.6) is 0 Å². The van der Waals surface area contributed by atoms with Gasteiger partial charge >= 0.3 is 11.9 Å². The largest absolute Gasteiger partial charge is 0.481 e. The second-order valence-corrected chi connectivity index (χ2v) is 8.71. The number of aliphatic imine (C=N–C) groups is 1. The molecule has 0 radical (unpaired) electrons. The monoisotopic (exact) mass is 452 g/mol. The Kier molecular flexibility index (Phi) is 6.50. The normalized spacial score (nSPS) is 13.4. The molecular weight excluding hydrogens is 428 g/mol. The van der Waals surface area contributed by atoms with Gasteiger partial charge in [-0.3, -0.25) is 14.2 Å². The zero-order chi connectivity index (χ0) is 22.7. The molecule has 32 heavy (non-hydrogen) atoms. The SMILES string of the molecule is CCOC(=O)c1c(/N=C/c2cn(C(=O)CCC(=O)O)c3ccccc23)sc2c1CCCC2. The number of thiophene rings is 1. The minimum absolute atomic E-state index is 0.0881. The lowest BCUT2D eigenvalue weighted by molar-refractivity contribution is -0.137. The summed E-state index contributed by atoms with van der Waals surface area (Å²) in [4.78, 5) is 42.0. The van der Waals surface area contributed by atoms with Gasteiger partial charge in [-0.25, -0.2) is 9.79 Å². The quantitative estimate of drug-likeness (QED) is 0.401. The smallest absolute Gasteiger partial charge is 0.341 e. The molecule has 7 nitrogen and oxygen atoms in total. The van der Waals surface area contributed by atoms with Crippen LogP contribution in [0, 0.1) is 0 Å². The van der Waals surface area contributed by atoms with Gasteiger partial charge in [0.1, 0.15) is 5.00 Å². The Bertz CT molecular complexity index is 1220. The average Bonchev–Trinajstić information content (AvgIpc) is 3.34. The van der Waals surface area contributed by atoms with E-state index in [2.05, 4.69) is 4.99 Å². The van der Waals surface area contributed by atoms with Crippen LogP contribution in [0.2, 0.25) is 0 Å². The fraction of sp³-hybridized carbons (Fsp3) is 0.333. The summed E-state index contributed by atoms with van der Waals surface area (Å²) in [6, 6.07) is 7.42. The van der Waals surface area contributed by atoms with Crippen LogP contribution in [0.25, 0.3) is 10.9 Å². The Morgan fingerprint density at radius 2 is 1.97 bits per heavy atom. The van der Waals surface area contributed by atoms with Gasteiger partial charge in [-0.1, -0.05) is 18.2 Å². The first kappa shape index (κ1) is 22.0. The van der Waals surface area contributed by atoms with E-state index < -0.39 is 5.97 Å². The van der Waals surface area contributed by atoms with Crippen LogP contribution in [-0.2, 0) is 22.4 Å². The first-order chi connectivity index (χ1) is 15.5. The number of fused-ring (bicyclic) bond motifs is 2. The van der Waals surface area contributed by atoms with Gasteiger partial charge < -0.3 is 9.84 Å². The van der Waals surface area contributed by atoms with E-state index in [1.807, 2.05) is 24.3 Å². The third-order valence-electron chi connectivity index (χ3n) is 5.52. The first-order valence-corrected chi connectivity index (χ1v) is 11.5. The van der Waals surface area contributed by atoms with Crippen LogP contribution < -0.4 is 0 Å². The number of para-hydroxylation sites is 1. The summed E-state index contributed by atoms with van der Waals surface area (Å²) >= 11 is 1.53. The molecule has 0 fully saturated rings. The molecule has 1 aromatic carbocycles. The number of esters is 1. The molecule has 1 aliphatic carbocycles. The number of carbonyl (C=O) groups excluding carboxylic acids is 2. The van der Waals surface area contributed by atoms with Crippen LogP contribution in [0.15, 0.2) is 35.5 Å². The van der Waals surface area contributed by atoms with Gasteiger partial charge in [0.15, 0.2) is 0 Å². The summed E-state index contributed by atoms with van der Waals surface area (Å²) in [5.41, 5.74) is 3.04.